The van der Waals surface area contributed by atoms with Gasteiger partial charge in [-0.1, -0.05) is 133 Å². The van der Waals surface area contributed by atoms with Gasteiger partial charge in [0.15, 0.2) is 5.58 Å². The molecular formula is C70H46N6O. The molecule has 362 valence electrons. The summed E-state index contributed by atoms with van der Waals surface area (Å²) in [5, 5.41) is 22.9. The zero-order chi connectivity index (χ0) is 51.4. The molecule has 0 aliphatic rings. The molecular weight excluding hydrogens is 941 g/mol. The van der Waals surface area contributed by atoms with E-state index < -0.39 is 0 Å². The van der Waals surface area contributed by atoms with Crippen molar-refractivity contribution in [3.63, 3.8) is 0 Å². The molecule has 0 amide bonds. The number of rotatable bonds is 5. The number of nitriles is 1. The molecule has 0 radical (unpaired) electrons. The van der Waals surface area contributed by atoms with Crippen molar-refractivity contribution in [2.45, 2.75) is 27.7 Å². The number of nitrogens with zero attached hydrogens (tertiary/aromatic N) is 6. The van der Waals surface area contributed by atoms with E-state index in [1.165, 1.54) is 0 Å². The van der Waals surface area contributed by atoms with Crippen LogP contribution in [0.2, 0.25) is 0 Å². The molecule has 0 atom stereocenters. The molecule has 0 N–H and O–H groups in total. The monoisotopic (exact) mass is 986 g/mol. The highest BCUT2D eigenvalue weighted by Crippen LogP contribution is 2.54. The Labute approximate surface area is 441 Å². The highest BCUT2D eigenvalue weighted by atomic mass is 16.3. The summed E-state index contributed by atoms with van der Waals surface area (Å²) in [7, 11) is 0. The van der Waals surface area contributed by atoms with Gasteiger partial charge in [0.25, 0.3) is 0 Å². The third kappa shape index (κ3) is 5.71. The van der Waals surface area contributed by atoms with E-state index in [0.717, 1.165) is 160 Å². The number of benzene rings is 10. The van der Waals surface area contributed by atoms with Crippen LogP contribution in [0.25, 0.3) is 143 Å². The van der Waals surface area contributed by atoms with Crippen molar-refractivity contribution in [3.05, 3.63) is 234 Å². The van der Waals surface area contributed by atoms with Gasteiger partial charge in [0.1, 0.15) is 22.7 Å². The Kier molecular flexibility index (Phi) is 8.95. The van der Waals surface area contributed by atoms with E-state index in [0.29, 0.717) is 11.1 Å². The average molecular weight is 987 g/mol. The highest BCUT2D eigenvalue weighted by Gasteiger charge is 2.36. The lowest BCUT2D eigenvalue weighted by atomic mass is 9.91. The number of furan rings is 1. The molecule has 0 saturated carbocycles. The van der Waals surface area contributed by atoms with Crippen LogP contribution in [0.15, 0.2) is 211 Å². The maximum absolute atomic E-state index is 13.0. The second-order valence-corrected chi connectivity index (χ2v) is 20.7. The molecule has 0 aliphatic heterocycles. The van der Waals surface area contributed by atoms with Crippen molar-refractivity contribution in [2.24, 2.45) is 0 Å². The summed E-state index contributed by atoms with van der Waals surface area (Å²) in [4.78, 5) is 5.15. The predicted octanol–water partition coefficient (Wildman–Crippen LogP) is 18.1. The Balaban J connectivity index is 1.31. The van der Waals surface area contributed by atoms with Gasteiger partial charge in [-0.05, 0) is 122 Å². The first-order chi connectivity index (χ1) is 37.9. The summed E-state index contributed by atoms with van der Waals surface area (Å²) in [6.07, 6.45) is 1.86. The van der Waals surface area contributed by atoms with Crippen LogP contribution in [0.1, 0.15) is 27.8 Å². The number of aryl methyl sites for hydroxylation is 4. The van der Waals surface area contributed by atoms with Crippen LogP contribution in [-0.2, 0) is 0 Å². The SMILES string of the molecule is Cc1cccc2c1c1ccccc1n2-c1c(C#N)c(-n2c3ccccc3c3c(C)cccc32)c(-n2c3ccccc3c3c(C)cccc32)c(-c2cccc3oc4cccnc4c23)c1-n1c2ccccc2c2c(C)cccc21. The van der Waals surface area contributed by atoms with E-state index in [-0.39, 0.29) is 0 Å². The topological polar surface area (TPSA) is 69.5 Å². The molecule has 6 heterocycles. The fourth-order valence-electron chi connectivity index (χ4n) is 13.5. The van der Waals surface area contributed by atoms with Crippen LogP contribution >= 0.6 is 0 Å². The summed E-state index contributed by atoms with van der Waals surface area (Å²) in [5.41, 5.74) is 20.5. The number of para-hydroxylation sites is 4. The van der Waals surface area contributed by atoms with Gasteiger partial charge in [-0.2, -0.15) is 5.26 Å². The maximum Gasteiger partial charge on any atom is 0.153 e. The van der Waals surface area contributed by atoms with E-state index in [9.17, 15) is 5.26 Å². The number of hydrogen-bond donors (Lipinski definition) is 0. The standard InChI is InChI=1S/C70H46N6O/c1-40-19-13-32-54-60(40)44-23-5-9-28-50(44)73(54)67-49(39-71)68(74-51-29-10-6-24-45(51)61-41(2)20-14-33-55(61)74)70(76-53-31-12-8-26-47(53)63-43(4)22-16-35-57(63)76)65(48-27-17-36-58-64(48)66-59(77-58)37-18-38-72-66)69(67)75-52-30-11-7-25-46(52)62-42(3)21-15-34-56(62)75/h5-38H,1-4H3. The molecule has 0 fully saturated rings. The van der Waals surface area contributed by atoms with E-state index in [4.69, 9.17) is 9.40 Å². The summed E-state index contributed by atoms with van der Waals surface area (Å²) >= 11 is 0. The molecule has 0 spiro atoms. The second kappa shape index (κ2) is 15.9. The smallest absolute Gasteiger partial charge is 0.153 e. The van der Waals surface area contributed by atoms with Gasteiger partial charge >= 0.3 is 0 Å². The van der Waals surface area contributed by atoms with Crippen LogP contribution < -0.4 is 0 Å². The molecule has 0 aliphatic carbocycles. The average Bonchev–Trinajstić information content (AvgIpc) is 4.39. The van der Waals surface area contributed by atoms with E-state index >= 15 is 0 Å². The number of hydrogen-bond acceptors (Lipinski definition) is 3. The first kappa shape index (κ1) is 43.3. The van der Waals surface area contributed by atoms with Crippen LogP contribution in [0, 0.1) is 39.0 Å². The summed E-state index contributed by atoms with van der Waals surface area (Å²) < 4.78 is 16.6. The van der Waals surface area contributed by atoms with Crippen molar-refractivity contribution in [1.29, 1.82) is 5.26 Å². The fraction of sp³-hybridized carbons (Fsp3) is 0.0571. The molecule has 16 aromatic rings. The molecule has 10 aromatic carbocycles. The van der Waals surface area contributed by atoms with Crippen molar-refractivity contribution in [1.82, 2.24) is 23.3 Å². The molecule has 7 nitrogen and oxygen atoms in total. The summed E-state index contributed by atoms with van der Waals surface area (Å²) in [6.45, 7) is 8.81. The van der Waals surface area contributed by atoms with Gasteiger partial charge in [0.05, 0.1) is 72.3 Å². The van der Waals surface area contributed by atoms with Crippen molar-refractivity contribution in [3.8, 4) is 39.9 Å². The third-order valence-corrected chi connectivity index (χ3v) is 16.5. The van der Waals surface area contributed by atoms with Crippen molar-refractivity contribution >= 4 is 109 Å². The fourth-order valence-corrected chi connectivity index (χ4v) is 13.5. The molecule has 0 saturated heterocycles. The van der Waals surface area contributed by atoms with Gasteiger partial charge in [0, 0.05) is 54.9 Å². The molecule has 0 unspecified atom stereocenters. The van der Waals surface area contributed by atoms with Crippen LogP contribution in [0.3, 0.4) is 0 Å². The Morgan fingerprint density at radius 3 is 1.10 bits per heavy atom. The lowest BCUT2D eigenvalue weighted by Crippen LogP contribution is -2.16. The number of aromatic nitrogens is 5. The zero-order valence-electron chi connectivity index (χ0n) is 42.7. The zero-order valence-corrected chi connectivity index (χ0v) is 42.7. The molecule has 16 rings (SSSR count). The Bertz CT molecular complexity index is 5030. The normalized spacial score (nSPS) is 12.1. The van der Waals surface area contributed by atoms with Gasteiger partial charge in [-0.15, -0.1) is 0 Å². The first-order valence-electron chi connectivity index (χ1n) is 26.3. The third-order valence-electron chi connectivity index (χ3n) is 16.5. The van der Waals surface area contributed by atoms with Crippen LogP contribution in [0.5, 0.6) is 0 Å². The lowest BCUT2D eigenvalue weighted by Gasteiger charge is -2.29. The molecule has 7 heteroatoms. The second-order valence-electron chi connectivity index (χ2n) is 20.7. The highest BCUT2D eigenvalue weighted by molar-refractivity contribution is 6.21. The van der Waals surface area contributed by atoms with E-state index in [2.05, 4.69) is 240 Å². The summed E-state index contributed by atoms with van der Waals surface area (Å²) in [5.74, 6) is 0. The Morgan fingerprint density at radius 1 is 0.351 bits per heavy atom. The predicted molar refractivity (Wildman–Crippen MR) is 318 cm³/mol. The van der Waals surface area contributed by atoms with Gasteiger partial charge in [-0.25, -0.2) is 0 Å². The first-order valence-corrected chi connectivity index (χ1v) is 26.3. The van der Waals surface area contributed by atoms with Crippen molar-refractivity contribution < 1.29 is 4.42 Å². The number of fused-ring (bicyclic) bond motifs is 15. The maximum atomic E-state index is 13.0. The molecule has 77 heavy (non-hydrogen) atoms. The van der Waals surface area contributed by atoms with Gasteiger partial charge < -0.3 is 22.7 Å². The van der Waals surface area contributed by atoms with Crippen LogP contribution in [0.4, 0.5) is 0 Å². The minimum absolute atomic E-state index is 0.520. The minimum atomic E-state index is 0.520. The molecule has 6 aromatic heterocycles. The van der Waals surface area contributed by atoms with E-state index in [1.807, 2.05) is 18.3 Å². The van der Waals surface area contributed by atoms with E-state index in [1.54, 1.807) is 0 Å². The lowest BCUT2D eigenvalue weighted by molar-refractivity contribution is 0.668. The Hall–Kier alpha value is -10.2. The largest absolute Gasteiger partial charge is 0.454 e. The van der Waals surface area contributed by atoms with Gasteiger partial charge in [0.2, 0.25) is 0 Å². The number of pyridine rings is 1. The molecule has 0 bridgehead atoms. The Morgan fingerprint density at radius 2 is 0.701 bits per heavy atom. The minimum Gasteiger partial charge on any atom is -0.454 e. The van der Waals surface area contributed by atoms with Crippen LogP contribution in [-0.4, -0.2) is 23.3 Å². The quantitative estimate of drug-likeness (QED) is 0.172. The summed E-state index contributed by atoms with van der Waals surface area (Å²) in [6, 6.07) is 74.8. The van der Waals surface area contributed by atoms with Crippen molar-refractivity contribution in [2.75, 3.05) is 0 Å². The van der Waals surface area contributed by atoms with Gasteiger partial charge in [-0.3, -0.25) is 4.98 Å².